The second-order valence-corrected chi connectivity index (χ2v) is 4.55. The average Bonchev–Trinajstić information content (AvgIpc) is 2.46. The number of unbranched alkanes of at least 4 members (excludes halogenated alkanes) is 2. The standard InChI is InChI=1S/C18H25N/c1-2-16-19-17-12-7-5-3-4-6-9-13-18-14-10-8-11-15-18/h4,6,8,10-12,14-17H,2-3,5,7,9,13H2,1H3. The predicted molar refractivity (Wildman–Crippen MR) is 85.7 cm³/mol. The summed E-state index contributed by atoms with van der Waals surface area (Å²) >= 11 is 0. The van der Waals surface area contributed by atoms with Gasteiger partial charge in [-0.3, -0.25) is 4.99 Å². The van der Waals surface area contributed by atoms with Gasteiger partial charge in [0.25, 0.3) is 0 Å². The van der Waals surface area contributed by atoms with Crippen LogP contribution in [0.15, 0.2) is 59.8 Å². The molecule has 1 aromatic carbocycles. The second kappa shape index (κ2) is 11.5. The summed E-state index contributed by atoms with van der Waals surface area (Å²) in [6.07, 6.45) is 17.4. The van der Waals surface area contributed by atoms with Crippen LogP contribution in [0.2, 0.25) is 0 Å². The summed E-state index contributed by atoms with van der Waals surface area (Å²) < 4.78 is 0. The Morgan fingerprint density at radius 3 is 2.47 bits per heavy atom. The van der Waals surface area contributed by atoms with Gasteiger partial charge in [-0.1, -0.05) is 55.5 Å². The van der Waals surface area contributed by atoms with Crippen molar-refractivity contribution in [1.29, 1.82) is 0 Å². The van der Waals surface area contributed by atoms with Gasteiger partial charge in [-0.15, -0.1) is 0 Å². The first-order chi connectivity index (χ1) is 9.43. The monoisotopic (exact) mass is 255 g/mol. The van der Waals surface area contributed by atoms with Crippen LogP contribution < -0.4 is 0 Å². The predicted octanol–water partition coefficient (Wildman–Crippen LogP) is 5.34. The van der Waals surface area contributed by atoms with E-state index in [1.54, 1.807) is 0 Å². The summed E-state index contributed by atoms with van der Waals surface area (Å²) in [4.78, 5) is 4.15. The fraction of sp³-hybridized carbons (Fsp3) is 0.389. The molecule has 0 unspecified atom stereocenters. The third kappa shape index (κ3) is 9.01. The van der Waals surface area contributed by atoms with Crippen LogP contribution in [0.1, 0.15) is 44.6 Å². The third-order valence-electron chi connectivity index (χ3n) is 2.83. The van der Waals surface area contributed by atoms with Crippen LogP contribution >= 0.6 is 0 Å². The molecule has 0 spiro atoms. The van der Waals surface area contributed by atoms with Crippen LogP contribution in [0.5, 0.6) is 0 Å². The molecule has 0 saturated heterocycles. The van der Waals surface area contributed by atoms with E-state index in [1.807, 2.05) is 12.4 Å². The first-order valence-corrected chi connectivity index (χ1v) is 7.29. The zero-order valence-electron chi connectivity index (χ0n) is 12.0. The highest BCUT2D eigenvalue weighted by molar-refractivity contribution is 5.57. The summed E-state index contributed by atoms with van der Waals surface area (Å²) in [5.74, 6) is 0. The Labute approximate surface area is 117 Å². The van der Waals surface area contributed by atoms with E-state index in [4.69, 9.17) is 0 Å². The van der Waals surface area contributed by atoms with Crippen molar-refractivity contribution in [2.45, 2.75) is 45.4 Å². The van der Waals surface area contributed by atoms with E-state index in [0.29, 0.717) is 0 Å². The maximum atomic E-state index is 4.15. The summed E-state index contributed by atoms with van der Waals surface area (Å²) in [5, 5.41) is 0. The Balaban J connectivity index is 1.99. The Bertz CT molecular complexity index is 387. The molecular formula is C18H25N. The van der Waals surface area contributed by atoms with Crippen LogP contribution in [0, 0.1) is 0 Å². The number of hydrogen-bond donors (Lipinski definition) is 0. The van der Waals surface area contributed by atoms with Gasteiger partial charge in [0.05, 0.1) is 0 Å². The lowest BCUT2D eigenvalue weighted by molar-refractivity contribution is 0.860. The van der Waals surface area contributed by atoms with Crippen LogP contribution in [0.3, 0.4) is 0 Å². The summed E-state index contributed by atoms with van der Waals surface area (Å²) in [5.41, 5.74) is 1.42. The molecule has 1 rings (SSSR count). The molecule has 0 radical (unpaired) electrons. The highest BCUT2D eigenvalue weighted by Crippen LogP contribution is 2.04. The van der Waals surface area contributed by atoms with E-state index in [1.165, 1.54) is 12.0 Å². The number of allylic oxidation sites excluding steroid dienone is 3. The van der Waals surface area contributed by atoms with Crippen molar-refractivity contribution in [2.24, 2.45) is 4.99 Å². The SMILES string of the molecule is CCC=NC=CCCCC=CCCc1ccccc1. The molecule has 0 aliphatic carbocycles. The summed E-state index contributed by atoms with van der Waals surface area (Å²) in [7, 11) is 0. The van der Waals surface area contributed by atoms with Gasteiger partial charge >= 0.3 is 0 Å². The minimum Gasteiger partial charge on any atom is -0.269 e. The highest BCUT2D eigenvalue weighted by Gasteiger charge is 1.87. The van der Waals surface area contributed by atoms with Gasteiger partial charge in [-0.05, 0) is 44.1 Å². The Morgan fingerprint density at radius 2 is 1.68 bits per heavy atom. The van der Waals surface area contributed by atoms with Gasteiger partial charge in [-0.25, -0.2) is 0 Å². The van der Waals surface area contributed by atoms with Gasteiger partial charge in [0.2, 0.25) is 0 Å². The third-order valence-corrected chi connectivity index (χ3v) is 2.83. The Morgan fingerprint density at radius 1 is 0.947 bits per heavy atom. The molecule has 0 amide bonds. The van der Waals surface area contributed by atoms with Crippen molar-refractivity contribution in [3.05, 3.63) is 60.3 Å². The number of rotatable bonds is 9. The van der Waals surface area contributed by atoms with E-state index >= 15 is 0 Å². The van der Waals surface area contributed by atoms with Crippen molar-refractivity contribution in [1.82, 2.24) is 0 Å². The summed E-state index contributed by atoms with van der Waals surface area (Å²) in [6.45, 7) is 2.09. The lowest BCUT2D eigenvalue weighted by Crippen LogP contribution is -1.81. The molecule has 1 heteroatoms. The molecule has 0 aromatic heterocycles. The molecule has 0 heterocycles. The normalized spacial score (nSPS) is 12.1. The highest BCUT2D eigenvalue weighted by atomic mass is 14.7. The van der Waals surface area contributed by atoms with Crippen molar-refractivity contribution in [2.75, 3.05) is 0 Å². The molecule has 19 heavy (non-hydrogen) atoms. The van der Waals surface area contributed by atoms with E-state index in [9.17, 15) is 0 Å². The molecule has 0 bridgehead atoms. The minimum atomic E-state index is 1.01. The van der Waals surface area contributed by atoms with Gasteiger partial charge in [0.1, 0.15) is 0 Å². The van der Waals surface area contributed by atoms with Crippen LogP contribution in [0.25, 0.3) is 0 Å². The molecule has 0 aliphatic heterocycles. The molecule has 1 nitrogen and oxygen atoms in total. The van der Waals surface area contributed by atoms with E-state index in [0.717, 1.165) is 32.1 Å². The lowest BCUT2D eigenvalue weighted by atomic mass is 10.1. The molecule has 0 N–H and O–H groups in total. The van der Waals surface area contributed by atoms with Crippen molar-refractivity contribution in [3.63, 3.8) is 0 Å². The largest absolute Gasteiger partial charge is 0.269 e. The Hall–Kier alpha value is -1.63. The van der Waals surface area contributed by atoms with Gasteiger partial charge in [0, 0.05) is 12.4 Å². The van der Waals surface area contributed by atoms with Gasteiger partial charge in [0.15, 0.2) is 0 Å². The topological polar surface area (TPSA) is 12.4 Å². The summed E-state index contributed by atoms with van der Waals surface area (Å²) in [6, 6.07) is 10.7. The van der Waals surface area contributed by atoms with Crippen molar-refractivity contribution in [3.8, 4) is 0 Å². The fourth-order valence-corrected chi connectivity index (χ4v) is 1.79. The quantitative estimate of drug-likeness (QED) is 0.321. The Kier molecular flexibility index (Phi) is 9.31. The minimum absolute atomic E-state index is 1.01. The number of aryl methyl sites for hydroxylation is 1. The molecular weight excluding hydrogens is 230 g/mol. The molecule has 0 saturated carbocycles. The number of nitrogens with zero attached hydrogens (tertiary/aromatic N) is 1. The zero-order valence-corrected chi connectivity index (χ0v) is 12.0. The maximum Gasteiger partial charge on any atom is 0.0223 e. The average molecular weight is 255 g/mol. The van der Waals surface area contributed by atoms with Crippen molar-refractivity contribution >= 4 is 6.21 Å². The number of benzene rings is 1. The van der Waals surface area contributed by atoms with Crippen molar-refractivity contribution < 1.29 is 0 Å². The van der Waals surface area contributed by atoms with Crippen LogP contribution in [-0.2, 0) is 6.42 Å². The van der Waals surface area contributed by atoms with E-state index in [2.05, 4.69) is 60.5 Å². The molecule has 102 valence electrons. The molecule has 0 fully saturated rings. The van der Waals surface area contributed by atoms with Crippen LogP contribution in [-0.4, -0.2) is 6.21 Å². The molecule has 1 aromatic rings. The number of aliphatic imine (C=N–C) groups is 1. The van der Waals surface area contributed by atoms with E-state index in [-0.39, 0.29) is 0 Å². The van der Waals surface area contributed by atoms with Crippen LogP contribution in [0.4, 0.5) is 0 Å². The first kappa shape index (κ1) is 15.4. The first-order valence-electron chi connectivity index (χ1n) is 7.29. The number of hydrogen-bond acceptors (Lipinski definition) is 1. The van der Waals surface area contributed by atoms with E-state index < -0.39 is 0 Å². The second-order valence-electron chi connectivity index (χ2n) is 4.55. The fourth-order valence-electron chi connectivity index (χ4n) is 1.79. The smallest absolute Gasteiger partial charge is 0.0223 e. The van der Waals surface area contributed by atoms with Gasteiger partial charge < -0.3 is 0 Å². The lowest BCUT2D eigenvalue weighted by Gasteiger charge is -1.96. The van der Waals surface area contributed by atoms with Gasteiger partial charge in [-0.2, -0.15) is 0 Å². The molecule has 0 atom stereocenters. The molecule has 0 aliphatic rings. The zero-order chi connectivity index (χ0) is 13.6. The maximum absolute atomic E-state index is 4.15.